The number of amidine groups is 1. The molecule has 0 saturated heterocycles. The molecule has 0 amide bonds. The molecule has 0 saturated carbocycles. The number of nitrogens with zero attached hydrogens (tertiary/aromatic N) is 2. The van der Waals surface area contributed by atoms with E-state index in [0.29, 0.717) is 17.1 Å². The van der Waals surface area contributed by atoms with Crippen LogP contribution in [0.5, 0.6) is 0 Å². The van der Waals surface area contributed by atoms with Gasteiger partial charge in [0.1, 0.15) is 18.1 Å². The number of carbonyl (C=O) groups excluding carboxylic acids is 1. The first-order chi connectivity index (χ1) is 11.3. The third kappa shape index (κ3) is 5.28. The SMILES string of the molecule is C=N/C(C)=N\C=C(/C)c1ccc(NCC(=O)O)c(C(=N)C(C)=O)c1. The number of aliphatic carboxylic acids is 1. The number of aliphatic imine (C=N–C) groups is 2. The Labute approximate surface area is 140 Å². The van der Waals surface area contributed by atoms with Crippen LogP contribution in [0.1, 0.15) is 31.9 Å². The number of carboxylic acid groups (broad SMARTS) is 1. The lowest BCUT2D eigenvalue weighted by Gasteiger charge is -2.13. The van der Waals surface area contributed by atoms with Crippen molar-refractivity contribution < 1.29 is 14.7 Å². The first-order valence-corrected chi connectivity index (χ1v) is 7.14. The monoisotopic (exact) mass is 328 g/mol. The van der Waals surface area contributed by atoms with E-state index in [4.69, 9.17) is 10.5 Å². The van der Waals surface area contributed by atoms with Crippen LogP contribution in [0.25, 0.3) is 5.57 Å². The molecular weight excluding hydrogens is 308 g/mol. The zero-order valence-electron chi connectivity index (χ0n) is 13.9. The van der Waals surface area contributed by atoms with E-state index in [9.17, 15) is 9.59 Å². The molecular formula is C17H20N4O3. The van der Waals surface area contributed by atoms with Crippen LogP contribution < -0.4 is 5.32 Å². The Morgan fingerprint density at radius 2 is 2.00 bits per heavy atom. The first-order valence-electron chi connectivity index (χ1n) is 7.14. The molecule has 0 aromatic heterocycles. The summed E-state index contributed by atoms with van der Waals surface area (Å²) >= 11 is 0. The highest BCUT2D eigenvalue weighted by Crippen LogP contribution is 2.23. The van der Waals surface area contributed by atoms with Crippen LogP contribution in [0.4, 0.5) is 5.69 Å². The summed E-state index contributed by atoms with van der Waals surface area (Å²) in [6.07, 6.45) is 1.62. The Balaban J connectivity index is 3.29. The van der Waals surface area contributed by atoms with Crippen LogP contribution in [-0.2, 0) is 9.59 Å². The molecule has 0 fully saturated rings. The van der Waals surface area contributed by atoms with Gasteiger partial charge in [0.2, 0.25) is 0 Å². The van der Waals surface area contributed by atoms with Gasteiger partial charge in [-0.15, -0.1) is 0 Å². The molecule has 3 N–H and O–H groups in total. The van der Waals surface area contributed by atoms with Crippen molar-refractivity contribution in [3.8, 4) is 0 Å². The van der Waals surface area contributed by atoms with Crippen molar-refractivity contribution in [3.63, 3.8) is 0 Å². The standard InChI is InChI=1S/C17H20N4O3/c1-10(8-20-12(3)19-4)13-5-6-15(21-9-16(23)24)14(7-13)17(18)11(2)22/h5-8,18,21H,4,9H2,1-3H3,(H,23,24)/b10-8+,18-17?,20-12-. The van der Waals surface area contributed by atoms with Gasteiger partial charge in [0.15, 0.2) is 5.78 Å². The van der Waals surface area contributed by atoms with Gasteiger partial charge in [0.05, 0.1) is 0 Å². The number of Topliss-reactive ketones (excluding diaryl/α,β-unsaturated/α-hetero) is 1. The Kier molecular flexibility index (Phi) is 6.73. The van der Waals surface area contributed by atoms with E-state index in [1.807, 2.05) is 6.92 Å². The van der Waals surface area contributed by atoms with Gasteiger partial charge in [-0.3, -0.25) is 15.0 Å². The largest absolute Gasteiger partial charge is 0.480 e. The number of hydrogen-bond donors (Lipinski definition) is 3. The van der Waals surface area contributed by atoms with E-state index in [1.54, 1.807) is 31.3 Å². The second kappa shape index (κ2) is 8.52. The number of rotatable bonds is 7. The van der Waals surface area contributed by atoms with Gasteiger partial charge < -0.3 is 10.4 Å². The molecule has 0 radical (unpaired) electrons. The first kappa shape index (κ1) is 19.0. The van der Waals surface area contributed by atoms with Crippen LogP contribution in [0.15, 0.2) is 34.4 Å². The molecule has 0 aliphatic rings. The van der Waals surface area contributed by atoms with Gasteiger partial charge in [-0.25, -0.2) is 9.98 Å². The van der Waals surface area contributed by atoms with E-state index < -0.39 is 11.8 Å². The highest BCUT2D eigenvalue weighted by atomic mass is 16.4. The average molecular weight is 328 g/mol. The van der Waals surface area contributed by atoms with Gasteiger partial charge in [0.25, 0.3) is 0 Å². The number of benzene rings is 1. The minimum Gasteiger partial charge on any atom is -0.480 e. The zero-order valence-corrected chi connectivity index (χ0v) is 13.9. The summed E-state index contributed by atoms with van der Waals surface area (Å²) in [4.78, 5) is 30.1. The number of allylic oxidation sites excluding steroid dienone is 1. The fourth-order valence-electron chi connectivity index (χ4n) is 1.82. The molecule has 24 heavy (non-hydrogen) atoms. The molecule has 7 nitrogen and oxygen atoms in total. The maximum atomic E-state index is 11.5. The van der Waals surface area contributed by atoms with Crippen molar-refractivity contribution in [1.29, 1.82) is 5.41 Å². The Morgan fingerprint density at radius 1 is 1.33 bits per heavy atom. The zero-order chi connectivity index (χ0) is 18.3. The molecule has 1 aromatic rings. The molecule has 0 aliphatic carbocycles. The summed E-state index contributed by atoms with van der Waals surface area (Å²) in [5.41, 5.74) is 2.14. The minimum atomic E-state index is -1.03. The summed E-state index contributed by atoms with van der Waals surface area (Å²) in [7, 11) is 0. The van der Waals surface area contributed by atoms with Gasteiger partial charge in [-0.2, -0.15) is 0 Å². The van der Waals surface area contributed by atoms with Crippen LogP contribution in [0.3, 0.4) is 0 Å². The smallest absolute Gasteiger partial charge is 0.322 e. The molecule has 1 rings (SSSR count). The van der Waals surface area contributed by atoms with E-state index in [1.165, 1.54) is 6.92 Å². The lowest BCUT2D eigenvalue weighted by atomic mass is 9.99. The molecule has 0 unspecified atom stereocenters. The van der Waals surface area contributed by atoms with Crippen LogP contribution in [0, 0.1) is 5.41 Å². The average Bonchev–Trinajstić information content (AvgIpc) is 2.56. The molecule has 0 heterocycles. The third-order valence-electron chi connectivity index (χ3n) is 3.20. The summed E-state index contributed by atoms with van der Waals surface area (Å²) in [6.45, 7) is 7.92. The van der Waals surface area contributed by atoms with Crippen molar-refractivity contribution in [2.75, 3.05) is 11.9 Å². The van der Waals surface area contributed by atoms with Gasteiger partial charge in [-0.1, -0.05) is 6.07 Å². The van der Waals surface area contributed by atoms with Crippen molar-refractivity contribution in [1.82, 2.24) is 0 Å². The van der Waals surface area contributed by atoms with Crippen molar-refractivity contribution in [2.45, 2.75) is 20.8 Å². The predicted octanol–water partition coefficient (Wildman–Crippen LogP) is 2.62. The number of nitrogens with one attached hydrogen (secondary N) is 2. The molecule has 0 aliphatic heterocycles. The number of carboxylic acids is 1. The van der Waals surface area contributed by atoms with Crippen LogP contribution in [0.2, 0.25) is 0 Å². The number of ketones is 1. The summed E-state index contributed by atoms with van der Waals surface area (Å²) in [6, 6.07) is 5.07. The molecule has 0 spiro atoms. The quantitative estimate of drug-likeness (QED) is 0.527. The topological polar surface area (TPSA) is 115 Å². The fraction of sp³-hybridized carbons (Fsp3) is 0.235. The normalized spacial score (nSPS) is 11.8. The fourth-order valence-corrected chi connectivity index (χ4v) is 1.82. The second-order valence-corrected chi connectivity index (χ2v) is 5.09. The summed E-state index contributed by atoms with van der Waals surface area (Å²) < 4.78 is 0. The minimum absolute atomic E-state index is 0.190. The van der Waals surface area contributed by atoms with Gasteiger partial charge in [-0.05, 0) is 43.8 Å². The van der Waals surface area contributed by atoms with E-state index in [0.717, 1.165) is 11.1 Å². The Morgan fingerprint density at radius 3 is 2.54 bits per heavy atom. The molecule has 0 atom stereocenters. The molecule has 126 valence electrons. The lowest BCUT2D eigenvalue weighted by Crippen LogP contribution is -2.17. The number of hydrogen-bond acceptors (Lipinski definition) is 5. The highest BCUT2D eigenvalue weighted by molar-refractivity contribution is 6.45. The van der Waals surface area contributed by atoms with Crippen LogP contribution in [-0.4, -0.2) is 41.7 Å². The van der Waals surface area contributed by atoms with E-state index in [2.05, 4.69) is 22.0 Å². The van der Waals surface area contributed by atoms with Crippen molar-refractivity contribution >= 4 is 41.3 Å². The Bertz CT molecular complexity index is 748. The maximum absolute atomic E-state index is 11.5. The van der Waals surface area contributed by atoms with Crippen LogP contribution >= 0.6 is 0 Å². The number of carbonyl (C=O) groups is 2. The summed E-state index contributed by atoms with van der Waals surface area (Å²) in [5, 5.41) is 19.4. The summed E-state index contributed by atoms with van der Waals surface area (Å²) in [5.74, 6) is -0.917. The molecule has 1 aromatic carbocycles. The van der Waals surface area contributed by atoms with E-state index >= 15 is 0 Å². The third-order valence-corrected chi connectivity index (χ3v) is 3.20. The van der Waals surface area contributed by atoms with Gasteiger partial charge in [0, 0.05) is 24.4 Å². The van der Waals surface area contributed by atoms with E-state index in [-0.39, 0.29) is 12.3 Å². The Hall–Kier alpha value is -3.09. The van der Waals surface area contributed by atoms with Gasteiger partial charge >= 0.3 is 5.97 Å². The number of anilines is 1. The van der Waals surface area contributed by atoms with Crippen molar-refractivity contribution in [3.05, 3.63) is 35.5 Å². The highest BCUT2D eigenvalue weighted by Gasteiger charge is 2.14. The predicted molar refractivity (Wildman–Crippen MR) is 96.4 cm³/mol. The molecule has 7 heteroatoms. The molecule has 0 bridgehead atoms. The lowest BCUT2D eigenvalue weighted by molar-refractivity contribution is -0.134. The second-order valence-electron chi connectivity index (χ2n) is 5.09. The van der Waals surface area contributed by atoms with Crippen molar-refractivity contribution in [2.24, 2.45) is 9.98 Å². The maximum Gasteiger partial charge on any atom is 0.322 e.